The molecule has 12 aromatic heterocycles. The van der Waals surface area contributed by atoms with Crippen molar-refractivity contribution in [2.75, 3.05) is 0 Å². The van der Waals surface area contributed by atoms with E-state index in [2.05, 4.69) is 105 Å². The van der Waals surface area contributed by atoms with E-state index in [4.69, 9.17) is 26.5 Å². The van der Waals surface area contributed by atoms with Gasteiger partial charge in [0.25, 0.3) is 0 Å². The van der Waals surface area contributed by atoms with Crippen molar-refractivity contribution in [1.29, 1.82) is 0 Å². The number of fused-ring (bicyclic) bond motifs is 18. The molecule has 0 N–H and O–H groups in total. The third kappa shape index (κ3) is 19.1. The first-order valence-electron chi connectivity index (χ1n) is 38.6. The fourth-order valence-corrected chi connectivity index (χ4v) is 16.6. The van der Waals surface area contributed by atoms with Crippen molar-refractivity contribution in [2.24, 2.45) is 0 Å². The number of hydrogen-bond donors (Lipinski definition) is 0. The average molecular weight is 2860 g/mol. The maximum atomic E-state index is 13.3. The first kappa shape index (κ1) is 97.6. The predicted octanol–water partition coefficient (Wildman–Crippen LogP) is 25.3. The van der Waals surface area contributed by atoms with Gasteiger partial charge in [-0.25, -0.2) is 8.78 Å². The smallest absolute Gasteiger partial charge is 0.417 e. The normalized spacial score (nSPS) is 11.5. The Bertz CT molecular complexity index is 7910. The van der Waals surface area contributed by atoms with Crippen LogP contribution in [-0.4, -0.2) is 66.8 Å². The zero-order valence-corrected chi connectivity index (χ0v) is 83.1. The molecule has 36 heteroatoms. The monoisotopic (exact) mass is 2870 g/mol. The van der Waals surface area contributed by atoms with E-state index in [9.17, 15) is 48.3 Å². The fourth-order valence-electron chi connectivity index (χ4n) is 15.1. The van der Waals surface area contributed by atoms with E-state index < -0.39 is 43.3 Å². The van der Waals surface area contributed by atoms with Gasteiger partial charge in [0.2, 0.25) is 0 Å². The van der Waals surface area contributed by atoms with Crippen LogP contribution in [0.4, 0.5) is 48.3 Å². The predicted molar refractivity (Wildman–Crippen MR) is 456 cm³/mol. The molecule has 0 spiro atoms. The molecule has 0 saturated heterocycles. The van der Waals surface area contributed by atoms with Gasteiger partial charge >= 0.3 is 18.5 Å². The maximum Gasteiger partial charge on any atom is 0.417 e. The molecular formula is C96H57F11Ir6N12O6Si-6. The molecule has 0 unspecified atom stereocenters. The van der Waals surface area contributed by atoms with Crippen LogP contribution in [0.3, 0.4) is 0 Å². The zero-order valence-electron chi connectivity index (χ0n) is 67.7. The van der Waals surface area contributed by atoms with Gasteiger partial charge < -0.3 is 26.5 Å². The van der Waals surface area contributed by atoms with E-state index in [-0.39, 0.29) is 154 Å². The maximum absolute atomic E-state index is 13.3. The van der Waals surface area contributed by atoms with Crippen LogP contribution in [0.25, 0.3) is 166 Å². The number of furan rings is 6. The minimum atomic E-state index is -4.48. The molecule has 0 fully saturated rings. The second kappa shape index (κ2) is 39.8. The van der Waals surface area contributed by atoms with Crippen molar-refractivity contribution in [3.63, 3.8) is 0 Å². The van der Waals surface area contributed by atoms with E-state index in [1.54, 1.807) is 155 Å². The zero-order chi connectivity index (χ0) is 86.9. The third-order valence-corrected chi connectivity index (χ3v) is 22.6. The van der Waals surface area contributed by atoms with Crippen molar-refractivity contribution < 1.29 is 195 Å². The van der Waals surface area contributed by atoms with Crippen LogP contribution < -0.4 is 5.19 Å². The van der Waals surface area contributed by atoms with Gasteiger partial charge in [0, 0.05) is 275 Å². The van der Waals surface area contributed by atoms with E-state index in [0.29, 0.717) is 83.3 Å². The minimum absolute atomic E-state index is 0. The van der Waals surface area contributed by atoms with Crippen LogP contribution in [0.15, 0.2) is 319 Å². The summed E-state index contributed by atoms with van der Waals surface area (Å²) in [5.41, 5.74) is 7.75. The first-order valence-corrected chi connectivity index (χ1v) is 42.1. The number of rotatable bonds is 7. The van der Waals surface area contributed by atoms with Gasteiger partial charge in [-0.3, -0.25) is 28.1 Å². The van der Waals surface area contributed by atoms with Crippen molar-refractivity contribution in [3.05, 3.63) is 357 Å². The SMILES string of the molecule is C[Si](C)(C)c1c[c-]c(-n2cccn2)c2oc3ccccc3c12.FC(F)(F)c1c[c-]c(-n2cccn2)c2oc3ccccc3c12.FC(F)(F)c1ccc2oc3c(-n4cccn4)[c-]ccc3c2c1.FC(F)(F)c1cccc2oc3c(-n4cccn4)[c-]ccc3c12.Fc1ccc2c(c1)oc1c(-n3cccn3)[c-]ccc12.Fc1ccc2oc3c(-n4cccn4)[c-]ccc3c2c1.[Ir].[Ir].[Ir].[Ir].[Ir].[Ir]. The Hall–Kier alpha value is -12.0. The van der Waals surface area contributed by atoms with E-state index in [0.717, 1.165) is 74.0 Å². The van der Waals surface area contributed by atoms with Crippen LogP contribution in [0.1, 0.15) is 16.7 Å². The molecule has 24 aromatic rings. The Morgan fingerprint density at radius 3 is 1.06 bits per heavy atom. The fraction of sp³-hybridized carbons (Fsp3) is 0.0625. The number of halogens is 11. The first-order chi connectivity index (χ1) is 60.9. The number of benzene rings is 12. The van der Waals surface area contributed by atoms with Crippen LogP contribution in [0, 0.1) is 48.0 Å². The Labute approximate surface area is 821 Å². The van der Waals surface area contributed by atoms with Crippen molar-refractivity contribution in [3.8, 4) is 34.1 Å². The third-order valence-electron chi connectivity index (χ3n) is 20.6. The van der Waals surface area contributed by atoms with Crippen molar-refractivity contribution in [2.45, 2.75) is 38.2 Å². The quantitative estimate of drug-likeness (QED) is 0.0836. The van der Waals surface area contributed by atoms with E-state index in [1.807, 2.05) is 71.8 Å². The largest absolute Gasteiger partial charge is 0.513 e. The topological polar surface area (TPSA) is 186 Å². The molecule has 132 heavy (non-hydrogen) atoms. The molecule has 0 atom stereocenters. The molecule has 678 valence electrons. The summed E-state index contributed by atoms with van der Waals surface area (Å²) < 4.78 is 189. The Kier molecular flexibility index (Phi) is 29.4. The average Bonchev–Trinajstić information content (AvgIpc) is 1.59. The molecule has 0 amide bonds. The summed E-state index contributed by atoms with van der Waals surface area (Å²) in [5, 5.41) is 34.1. The molecule has 18 nitrogen and oxygen atoms in total. The number of nitrogens with zero attached hydrogens (tertiary/aromatic N) is 12. The number of hydrogen-bond acceptors (Lipinski definition) is 12. The van der Waals surface area contributed by atoms with Crippen LogP contribution in [0.2, 0.25) is 19.6 Å². The molecule has 0 saturated carbocycles. The molecule has 6 radical (unpaired) electrons. The van der Waals surface area contributed by atoms with Gasteiger partial charge in [0.05, 0.1) is 11.1 Å². The Balaban J connectivity index is 0.000000134. The number of aromatic nitrogens is 12. The minimum Gasteiger partial charge on any atom is -0.513 e. The molecular weight excluding hydrogens is 2810 g/mol. The van der Waals surface area contributed by atoms with Crippen LogP contribution in [-0.2, 0) is 139 Å². The molecule has 12 aromatic carbocycles. The standard InChI is InChI=1S/C18H17N2OSi.3C16H8F3N2O.2C15H8FN2O.6Ir/c1-22(2,3)16-10-9-14(20-12-6-11-19-20)18-17(16)13-7-4-5-8-15(13)21-18;17-16(18,19)11-5-2-7-13-14(11)10-4-1-6-12(15(10)22-13)21-9-3-8-20-21;17-16(18,19)10-5-6-14-12(9-10)11-3-1-4-13(15(11)22-14)21-8-2-7-20-21;17-16(18,19)11-6-7-12(21-9-3-8-20-21)15-14(11)10-4-1-2-5-13(10)22-15;16-10-5-6-11-12-3-1-4-13(18-8-2-7-17-18)15(12)19-14(11)9-10;16-10-5-6-14-12(9-10)11-3-1-4-13(15(11)19-14)18-8-2-7-17-18;;;;;;/h4-8,10-12H,1-3H3;1-5,7-9H;1-3,5-9H;1-6,8-9H;2*1-3,5-9H;;;;;;/q6*-1;;;;;;. The van der Waals surface area contributed by atoms with Gasteiger partial charge in [0.15, 0.2) is 0 Å². The number of para-hydroxylation sites is 2. The second-order valence-electron chi connectivity index (χ2n) is 29.5. The molecule has 0 aliphatic rings. The summed E-state index contributed by atoms with van der Waals surface area (Å²) in [7, 11) is -1.51. The van der Waals surface area contributed by atoms with Crippen molar-refractivity contribution in [1.82, 2.24) is 58.7 Å². The molecule has 0 bridgehead atoms. The summed E-state index contributed by atoms with van der Waals surface area (Å²) in [6, 6.07) is 77.2. The summed E-state index contributed by atoms with van der Waals surface area (Å²) >= 11 is 0. The van der Waals surface area contributed by atoms with Crippen molar-refractivity contribution >= 4 is 145 Å². The summed E-state index contributed by atoms with van der Waals surface area (Å²) in [6.45, 7) is 7.06. The van der Waals surface area contributed by atoms with Gasteiger partial charge in [-0.1, -0.05) is 94.4 Å². The molecule has 24 rings (SSSR count). The van der Waals surface area contributed by atoms with Gasteiger partial charge in [-0.2, -0.15) is 167 Å². The van der Waals surface area contributed by atoms with E-state index in [1.165, 1.54) is 67.8 Å². The summed E-state index contributed by atoms with van der Waals surface area (Å²) in [4.78, 5) is 0. The molecule has 0 aliphatic carbocycles. The van der Waals surface area contributed by atoms with E-state index >= 15 is 0 Å². The Morgan fingerprint density at radius 2 is 0.621 bits per heavy atom. The second-order valence-corrected chi connectivity index (χ2v) is 34.5. The summed E-state index contributed by atoms with van der Waals surface area (Å²) in [6.07, 6.45) is 7.17. The van der Waals surface area contributed by atoms with Crippen LogP contribution in [0.5, 0.6) is 0 Å². The molecule has 12 heterocycles. The number of alkyl halides is 9. The van der Waals surface area contributed by atoms with Crippen LogP contribution >= 0.6 is 0 Å². The van der Waals surface area contributed by atoms with Gasteiger partial charge in [-0.05, 0) is 149 Å². The molecule has 0 aliphatic heterocycles. The Morgan fingerprint density at radius 1 is 0.273 bits per heavy atom. The van der Waals surface area contributed by atoms with Gasteiger partial charge in [-0.15, -0.1) is 5.19 Å². The van der Waals surface area contributed by atoms with Gasteiger partial charge in [0.1, 0.15) is 45.1 Å². The summed E-state index contributed by atoms with van der Waals surface area (Å²) in [5.74, 6) is -0.583.